The maximum atomic E-state index is 14.2. The van der Waals surface area contributed by atoms with Crippen molar-refractivity contribution in [3.8, 4) is 0 Å². The van der Waals surface area contributed by atoms with Crippen LogP contribution in [-0.2, 0) is 33.5 Å². The summed E-state index contributed by atoms with van der Waals surface area (Å²) in [5, 5.41) is -0.113. The van der Waals surface area contributed by atoms with Crippen molar-refractivity contribution >= 4 is 15.7 Å². The van der Waals surface area contributed by atoms with Gasteiger partial charge in [-0.2, -0.15) is 0 Å². The SMILES string of the molecule is CC(C)CN(Cc1cnc(S(=O)(=O)Cc2ccccc2F)n1Cc1ccccc1)C(=O)C1CC1. The van der Waals surface area contributed by atoms with Gasteiger partial charge in [-0.25, -0.2) is 17.8 Å². The van der Waals surface area contributed by atoms with Gasteiger partial charge in [-0.3, -0.25) is 4.79 Å². The molecule has 0 unspecified atom stereocenters. The average Bonchev–Trinajstić information content (AvgIpc) is 3.57. The molecule has 6 nitrogen and oxygen atoms in total. The third kappa shape index (κ3) is 5.73. The van der Waals surface area contributed by atoms with Gasteiger partial charge in [0.1, 0.15) is 5.82 Å². The predicted molar refractivity (Wildman–Crippen MR) is 128 cm³/mol. The highest BCUT2D eigenvalue weighted by Crippen LogP contribution is 2.32. The van der Waals surface area contributed by atoms with Gasteiger partial charge in [0, 0.05) is 18.0 Å². The zero-order chi connectivity index (χ0) is 24.3. The number of hydrogen-bond donors (Lipinski definition) is 0. The average molecular weight is 484 g/mol. The molecule has 1 amide bonds. The zero-order valence-electron chi connectivity index (χ0n) is 19.5. The molecule has 0 aliphatic heterocycles. The van der Waals surface area contributed by atoms with Gasteiger partial charge in [-0.1, -0.05) is 62.4 Å². The molecule has 0 atom stereocenters. The summed E-state index contributed by atoms with van der Waals surface area (Å²) in [5.41, 5.74) is 1.65. The van der Waals surface area contributed by atoms with E-state index in [0.29, 0.717) is 12.2 Å². The van der Waals surface area contributed by atoms with Crippen LogP contribution in [0.25, 0.3) is 0 Å². The van der Waals surface area contributed by atoms with Gasteiger partial charge in [0.2, 0.25) is 20.9 Å². The number of halogens is 1. The molecule has 1 saturated carbocycles. The highest BCUT2D eigenvalue weighted by molar-refractivity contribution is 7.90. The molecule has 0 bridgehead atoms. The van der Waals surface area contributed by atoms with Crippen LogP contribution in [0.4, 0.5) is 4.39 Å². The number of rotatable bonds is 10. The predicted octanol–water partition coefficient (Wildman–Crippen LogP) is 4.44. The molecule has 0 N–H and O–H groups in total. The largest absolute Gasteiger partial charge is 0.336 e. The third-order valence-electron chi connectivity index (χ3n) is 5.84. The fraction of sp³-hybridized carbons (Fsp3) is 0.385. The van der Waals surface area contributed by atoms with E-state index < -0.39 is 21.4 Å². The lowest BCUT2D eigenvalue weighted by Crippen LogP contribution is -2.35. The molecule has 0 saturated heterocycles. The lowest BCUT2D eigenvalue weighted by atomic mass is 10.2. The second kappa shape index (κ2) is 10.1. The highest BCUT2D eigenvalue weighted by atomic mass is 32.2. The Morgan fingerprint density at radius 1 is 1.12 bits per heavy atom. The molecular weight excluding hydrogens is 453 g/mol. The maximum absolute atomic E-state index is 14.2. The molecule has 3 aromatic rings. The fourth-order valence-electron chi connectivity index (χ4n) is 4.04. The van der Waals surface area contributed by atoms with Crippen molar-refractivity contribution in [1.82, 2.24) is 14.5 Å². The molecule has 0 spiro atoms. The quantitative estimate of drug-likeness (QED) is 0.427. The molecule has 1 aliphatic rings. The van der Waals surface area contributed by atoms with Gasteiger partial charge < -0.3 is 9.47 Å². The van der Waals surface area contributed by atoms with Crippen LogP contribution >= 0.6 is 0 Å². The van der Waals surface area contributed by atoms with Crippen LogP contribution in [-0.4, -0.2) is 35.3 Å². The monoisotopic (exact) mass is 483 g/mol. The van der Waals surface area contributed by atoms with Gasteiger partial charge in [0.05, 0.1) is 30.7 Å². The highest BCUT2D eigenvalue weighted by Gasteiger charge is 2.34. The Kier molecular flexibility index (Phi) is 7.16. The second-order valence-corrected chi connectivity index (χ2v) is 11.2. The first-order valence-electron chi connectivity index (χ1n) is 11.6. The second-order valence-electron chi connectivity index (χ2n) is 9.34. The molecule has 0 radical (unpaired) electrons. The summed E-state index contributed by atoms with van der Waals surface area (Å²) in [6.45, 7) is 5.26. The van der Waals surface area contributed by atoms with E-state index in [2.05, 4.69) is 18.8 Å². The van der Waals surface area contributed by atoms with Crippen LogP contribution in [0.2, 0.25) is 0 Å². The smallest absolute Gasteiger partial charge is 0.228 e. The fourth-order valence-corrected chi connectivity index (χ4v) is 5.55. The van der Waals surface area contributed by atoms with E-state index >= 15 is 0 Å². The van der Waals surface area contributed by atoms with Crippen molar-refractivity contribution in [1.29, 1.82) is 0 Å². The van der Waals surface area contributed by atoms with Gasteiger partial charge in [0.25, 0.3) is 0 Å². The Morgan fingerprint density at radius 3 is 2.44 bits per heavy atom. The number of nitrogens with zero attached hydrogens (tertiary/aromatic N) is 3. The molecule has 34 heavy (non-hydrogen) atoms. The molecule has 180 valence electrons. The number of amides is 1. The zero-order valence-corrected chi connectivity index (χ0v) is 20.3. The summed E-state index contributed by atoms with van der Waals surface area (Å²) < 4.78 is 42.6. The topological polar surface area (TPSA) is 72.3 Å². The van der Waals surface area contributed by atoms with E-state index in [1.165, 1.54) is 24.4 Å². The molecular formula is C26H30FN3O3S. The van der Waals surface area contributed by atoms with Crippen molar-refractivity contribution in [2.24, 2.45) is 11.8 Å². The number of imidazole rings is 1. The standard InChI is InChI=1S/C26H30FN3O3S/c1-19(2)15-29(25(31)21-12-13-21)17-23-14-28-26(30(23)16-20-8-4-3-5-9-20)34(32,33)18-22-10-6-7-11-24(22)27/h3-11,14,19,21H,12-13,15-18H2,1-2H3. The first-order chi connectivity index (χ1) is 16.2. The summed E-state index contributed by atoms with van der Waals surface area (Å²) in [6.07, 6.45) is 3.34. The molecule has 1 fully saturated rings. The number of aromatic nitrogens is 2. The Bertz CT molecular complexity index is 1250. The van der Waals surface area contributed by atoms with Gasteiger partial charge in [-0.15, -0.1) is 0 Å². The number of carbonyl (C=O) groups is 1. The van der Waals surface area contributed by atoms with E-state index in [4.69, 9.17) is 0 Å². The van der Waals surface area contributed by atoms with Crippen molar-refractivity contribution in [2.45, 2.75) is 50.7 Å². The Hall–Kier alpha value is -3.00. The van der Waals surface area contributed by atoms with Crippen LogP contribution in [0.1, 0.15) is 43.5 Å². The first kappa shape index (κ1) is 24.1. The molecule has 1 aliphatic carbocycles. The molecule has 1 aromatic heterocycles. The Morgan fingerprint density at radius 2 is 1.79 bits per heavy atom. The molecule has 1 heterocycles. The number of hydrogen-bond acceptors (Lipinski definition) is 4. The van der Waals surface area contributed by atoms with Gasteiger partial charge in [0.15, 0.2) is 0 Å². The van der Waals surface area contributed by atoms with E-state index in [9.17, 15) is 17.6 Å². The number of sulfone groups is 1. The van der Waals surface area contributed by atoms with Crippen LogP contribution < -0.4 is 0 Å². The summed E-state index contributed by atoms with van der Waals surface area (Å²) in [7, 11) is -3.94. The number of benzene rings is 2. The normalized spacial score (nSPS) is 13.9. The first-order valence-corrected chi connectivity index (χ1v) is 13.2. The van der Waals surface area contributed by atoms with Gasteiger partial charge in [-0.05, 0) is 30.4 Å². The summed E-state index contributed by atoms with van der Waals surface area (Å²) in [4.78, 5) is 19.0. The van der Waals surface area contributed by atoms with Crippen molar-refractivity contribution < 1.29 is 17.6 Å². The minimum Gasteiger partial charge on any atom is -0.336 e. The van der Waals surface area contributed by atoms with Crippen LogP contribution in [0.5, 0.6) is 0 Å². The minimum absolute atomic E-state index is 0.0634. The van der Waals surface area contributed by atoms with Crippen molar-refractivity contribution in [3.63, 3.8) is 0 Å². The lowest BCUT2D eigenvalue weighted by Gasteiger charge is -2.25. The van der Waals surface area contributed by atoms with E-state index in [-0.39, 0.29) is 41.6 Å². The van der Waals surface area contributed by atoms with Crippen molar-refractivity contribution in [2.75, 3.05) is 6.54 Å². The van der Waals surface area contributed by atoms with Crippen LogP contribution in [0.3, 0.4) is 0 Å². The summed E-state index contributed by atoms with van der Waals surface area (Å²) in [6, 6.07) is 15.4. The van der Waals surface area contributed by atoms with E-state index in [1.54, 1.807) is 10.6 Å². The van der Waals surface area contributed by atoms with Crippen LogP contribution in [0.15, 0.2) is 66.0 Å². The van der Waals surface area contributed by atoms with E-state index in [0.717, 1.165) is 18.4 Å². The Labute approximate surface area is 200 Å². The minimum atomic E-state index is -3.94. The molecule has 2 aromatic carbocycles. The summed E-state index contributed by atoms with van der Waals surface area (Å²) >= 11 is 0. The maximum Gasteiger partial charge on any atom is 0.228 e. The lowest BCUT2D eigenvalue weighted by molar-refractivity contribution is -0.133. The molecule has 4 rings (SSSR count). The van der Waals surface area contributed by atoms with Gasteiger partial charge >= 0.3 is 0 Å². The third-order valence-corrected chi connectivity index (χ3v) is 7.42. The van der Waals surface area contributed by atoms with E-state index in [1.807, 2.05) is 35.2 Å². The Balaban J connectivity index is 1.70. The van der Waals surface area contributed by atoms with Crippen molar-refractivity contribution in [3.05, 3.63) is 83.4 Å². The number of carbonyl (C=O) groups excluding carboxylic acids is 1. The molecule has 8 heteroatoms. The van der Waals surface area contributed by atoms with Crippen LogP contribution in [0, 0.1) is 17.7 Å². The summed E-state index contributed by atoms with van der Waals surface area (Å²) in [5.74, 6) is -0.602.